The molecule has 0 amide bonds. The van der Waals surface area contributed by atoms with Crippen molar-refractivity contribution in [3.8, 4) is 0 Å². The van der Waals surface area contributed by atoms with Crippen LogP contribution < -0.4 is 10.6 Å². The fourth-order valence-corrected chi connectivity index (χ4v) is 2.59. The summed E-state index contributed by atoms with van der Waals surface area (Å²) in [4.78, 5) is 22.7. The minimum absolute atomic E-state index is 0. The zero-order valence-corrected chi connectivity index (χ0v) is 17.6. The van der Waals surface area contributed by atoms with Crippen molar-refractivity contribution in [2.45, 2.75) is 0 Å². The Morgan fingerprint density at radius 1 is 0.516 bits per heavy atom. The molecule has 2 aromatic carbocycles. The molecule has 0 heterocycles. The van der Waals surface area contributed by atoms with Crippen LogP contribution in [-0.4, -0.2) is 11.6 Å². The molecule has 0 fully saturated rings. The first kappa shape index (κ1) is 23.6. The van der Waals surface area contributed by atoms with Crippen LogP contribution in [0, 0.1) is 0 Å². The van der Waals surface area contributed by atoms with Crippen LogP contribution in [0.1, 0.15) is 0 Å². The molecule has 0 atom stereocenters. The van der Waals surface area contributed by atoms with E-state index in [9.17, 15) is 9.59 Å². The molecule has 0 aromatic heterocycles. The number of hydrogen-bond donors (Lipinski definition) is 2. The molecule has 0 aliphatic heterocycles. The Morgan fingerprint density at radius 3 is 1.23 bits per heavy atom. The van der Waals surface area contributed by atoms with E-state index < -0.39 is 0 Å². The summed E-state index contributed by atoms with van der Waals surface area (Å²) in [6.45, 7) is 0. The van der Waals surface area contributed by atoms with Gasteiger partial charge in [-0.3, -0.25) is 9.59 Å². The van der Waals surface area contributed by atoms with Crippen LogP contribution in [-0.2, 0) is 26.7 Å². The Labute approximate surface area is 192 Å². The minimum atomic E-state index is 0. The van der Waals surface area contributed by atoms with Crippen molar-refractivity contribution in [2.75, 3.05) is 10.6 Å². The molecule has 4 rings (SSSR count). The molecule has 0 saturated heterocycles. The Kier molecular flexibility index (Phi) is 9.76. The average molecular weight is 458 g/mol. The summed E-state index contributed by atoms with van der Waals surface area (Å²) in [5.74, 6) is 0.0573. The molecule has 2 aliphatic carbocycles. The van der Waals surface area contributed by atoms with E-state index in [1.807, 2.05) is 72.8 Å². The number of ketones is 2. The second kappa shape index (κ2) is 12.8. The fourth-order valence-electron chi connectivity index (χ4n) is 2.59. The quantitative estimate of drug-likeness (QED) is 0.479. The van der Waals surface area contributed by atoms with Crippen LogP contribution in [0.2, 0.25) is 0 Å². The molecule has 4 nitrogen and oxygen atoms in total. The largest absolute Gasteiger partial charge is 0.361 e. The maximum Gasteiger partial charge on any atom is 0.187 e. The van der Waals surface area contributed by atoms with E-state index in [-0.39, 0.29) is 28.6 Å². The summed E-state index contributed by atoms with van der Waals surface area (Å²) < 4.78 is 0. The molecule has 0 unspecified atom stereocenters. The molecule has 0 spiro atoms. The Balaban J connectivity index is 0.000000213. The van der Waals surface area contributed by atoms with Crippen molar-refractivity contribution in [3.05, 3.63) is 133 Å². The van der Waals surface area contributed by atoms with Crippen molar-refractivity contribution in [3.63, 3.8) is 0 Å². The number of benzene rings is 2. The van der Waals surface area contributed by atoms with Crippen molar-refractivity contribution in [2.24, 2.45) is 0 Å². The summed E-state index contributed by atoms with van der Waals surface area (Å²) in [5, 5.41) is 6.15. The number of rotatable bonds is 4. The maximum absolute atomic E-state index is 11.4. The van der Waals surface area contributed by atoms with Gasteiger partial charge in [-0.2, -0.15) is 0 Å². The fraction of sp³-hybridized carbons (Fsp3) is 0. The van der Waals surface area contributed by atoms with Crippen LogP contribution in [0.4, 0.5) is 11.4 Å². The normalized spacial score (nSPS) is 16.5. The van der Waals surface area contributed by atoms with Gasteiger partial charge in [-0.25, -0.2) is 0 Å². The van der Waals surface area contributed by atoms with Gasteiger partial charge < -0.3 is 10.6 Å². The second-order valence-electron chi connectivity index (χ2n) is 6.39. The smallest absolute Gasteiger partial charge is 0.187 e. The average Bonchev–Trinajstić information content (AvgIpc) is 2.80. The van der Waals surface area contributed by atoms with E-state index in [0.717, 1.165) is 11.4 Å². The maximum atomic E-state index is 11.4. The molecular weight excluding hydrogens is 436 g/mol. The van der Waals surface area contributed by atoms with Crippen LogP contribution in [0.15, 0.2) is 133 Å². The minimum Gasteiger partial charge on any atom is -0.361 e. The first-order valence-electron chi connectivity index (χ1n) is 9.54. The van der Waals surface area contributed by atoms with Crippen LogP contribution in [0.5, 0.6) is 0 Å². The van der Waals surface area contributed by atoms with Gasteiger partial charge in [-0.05, 0) is 48.6 Å². The summed E-state index contributed by atoms with van der Waals surface area (Å²) in [6, 6.07) is 19.5. The first-order chi connectivity index (χ1) is 14.7. The van der Waals surface area contributed by atoms with E-state index in [1.165, 1.54) is 0 Å². The molecule has 159 valence electrons. The van der Waals surface area contributed by atoms with Gasteiger partial charge >= 0.3 is 0 Å². The molecule has 31 heavy (non-hydrogen) atoms. The monoisotopic (exact) mass is 457 g/mol. The van der Waals surface area contributed by atoms with Crippen molar-refractivity contribution < 1.29 is 26.7 Å². The van der Waals surface area contributed by atoms with Crippen LogP contribution in [0.25, 0.3) is 0 Å². The predicted octanol–water partition coefficient (Wildman–Crippen LogP) is 5.35. The molecule has 2 aromatic rings. The summed E-state index contributed by atoms with van der Waals surface area (Å²) in [6.07, 6.45) is 17.3. The second-order valence-corrected chi connectivity index (χ2v) is 6.39. The van der Waals surface area contributed by atoms with Crippen molar-refractivity contribution in [1.82, 2.24) is 0 Å². The summed E-state index contributed by atoms with van der Waals surface area (Å²) >= 11 is 0. The first-order valence-corrected chi connectivity index (χ1v) is 9.54. The number of para-hydroxylation sites is 2. The number of allylic oxidation sites excluding steroid dienone is 10. The Hall–Kier alpha value is -3.66. The van der Waals surface area contributed by atoms with Gasteiger partial charge in [0, 0.05) is 52.0 Å². The van der Waals surface area contributed by atoms with Gasteiger partial charge in [0.2, 0.25) is 0 Å². The third kappa shape index (κ3) is 7.94. The molecule has 0 bridgehead atoms. The number of nitrogens with one attached hydrogen (secondary N) is 2. The van der Waals surface area contributed by atoms with Gasteiger partial charge in [-0.15, -0.1) is 0 Å². The standard InChI is InChI=1S/2C13H11NO.Cu/c2*15-13-9-5-4-6-11(13)10-14-12-7-2-1-3-8-12;/h2*1-10,14H;/b2*11-10-;. The predicted molar refractivity (Wildman–Crippen MR) is 123 cm³/mol. The van der Waals surface area contributed by atoms with E-state index in [4.69, 9.17) is 0 Å². The molecule has 2 aliphatic rings. The van der Waals surface area contributed by atoms with Crippen LogP contribution in [0.3, 0.4) is 0 Å². The number of carbonyl (C=O) groups excluding carboxylic acids is 2. The van der Waals surface area contributed by atoms with Gasteiger partial charge in [0.05, 0.1) is 0 Å². The van der Waals surface area contributed by atoms with E-state index in [0.29, 0.717) is 11.1 Å². The van der Waals surface area contributed by atoms with E-state index >= 15 is 0 Å². The third-order valence-electron chi connectivity index (χ3n) is 4.17. The van der Waals surface area contributed by atoms with Crippen molar-refractivity contribution in [1.29, 1.82) is 0 Å². The Morgan fingerprint density at radius 2 is 0.871 bits per heavy atom. The number of carbonyl (C=O) groups is 2. The SMILES string of the molecule is O=C1C=CC=C/C1=C/Nc1ccccc1.O=C1C=CC=C/C1=C/Nc1ccccc1.[Cu]. The molecule has 1 radical (unpaired) electrons. The molecule has 0 saturated carbocycles. The topological polar surface area (TPSA) is 58.2 Å². The summed E-state index contributed by atoms with van der Waals surface area (Å²) in [5.41, 5.74) is 3.28. The number of hydrogen-bond acceptors (Lipinski definition) is 4. The van der Waals surface area contributed by atoms with Gasteiger partial charge in [0.25, 0.3) is 0 Å². The third-order valence-corrected chi connectivity index (χ3v) is 4.17. The molecular formula is C26H22CuN2O2. The molecule has 5 heteroatoms. The zero-order chi connectivity index (χ0) is 21.0. The van der Waals surface area contributed by atoms with Gasteiger partial charge in [0.1, 0.15) is 0 Å². The Bertz CT molecular complexity index is 976. The van der Waals surface area contributed by atoms with Crippen LogP contribution >= 0.6 is 0 Å². The van der Waals surface area contributed by atoms with Gasteiger partial charge in [0.15, 0.2) is 11.6 Å². The van der Waals surface area contributed by atoms with Crippen molar-refractivity contribution >= 4 is 22.9 Å². The van der Waals surface area contributed by atoms with Gasteiger partial charge in [-0.1, -0.05) is 60.7 Å². The zero-order valence-electron chi connectivity index (χ0n) is 16.7. The van der Waals surface area contributed by atoms with E-state index in [2.05, 4.69) is 10.6 Å². The molecule has 2 N–H and O–H groups in total. The van der Waals surface area contributed by atoms with E-state index in [1.54, 1.807) is 48.9 Å². The number of anilines is 2. The summed E-state index contributed by atoms with van der Waals surface area (Å²) in [7, 11) is 0.